The third kappa shape index (κ3) is 1.80. The zero-order chi connectivity index (χ0) is 8.65. The summed E-state index contributed by atoms with van der Waals surface area (Å²) in [7, 11) is 0. The summed E-state index contributed by atoms with van der Waals surface area (Å²) in [6.45, 7) is 10.8. The second-order valence-corrected chi connectivity index (χ2v) is 5.10. The first kappa shape index (κ1) is 8.72. The Morgan fingerprint density at radius 1 is 1.18 bits per heavy atom. The van der Waals surface area contributed by atoms with Crippen LogP contribution in [0.4, 0.5) is 0 Å². The lowest BCUT2D eigenvalue weighted by Gasteiger charge is -2.16. The molecule has 1 rings (SSSR count). The molecule has 0 aliphatic heterocycles. The van der Waals surface area contributed by atoms with E-state index >= 15 is 0 Å². The number of aromatic nitrogens is 1. The summed E-state index contributed by atoms with van der Waals surface area (Å²) >= 11 is 1.81. The Morgan fingerprint density at radius 3 is 1.91 bits per heavy atom. The van der Waals surface area contributed by atoms with Gasteiger partial charge in [0.05, 0.1) is 10.7 Å². The molecular formula is C9H15NS. The lowest BCUT2D eigenvalue weighted by atomic mass is 9.94. The van der Waals surface area contributed by atoms with Gasteiger partial charge in [-0.3, -0.25) is 0 Å². The van der Waals surface area contributed by atoms with E-state index in [9.17, 15) is 0 Å². The van der Waals surface area contributed by atoms with E-state index in [1.54, 1.807) is 0 Å². The van der Waals surface area contributed by atoms with E-state index in [-0.39, 0.29) is 5.41 Å². The Bertz CT molecular complexity index is 255. The van der Waals surface area contributed by atoms with Gasteiger partial charge in [0.1, 0.15) is 0 Å². The van der Waals surface area contributed by atoms with Gasteiger partial charge in [-0.05, 0) is 19.3 Å². The predicted molar refractivity (Wildman–Crippen MR) is 50.3 cm³/mol. The van der Waals surface area contributed by atoms with Crippen molar-refractivity contribution in [1.82, 2.24) is 4.98 Å². The third-order valence-corrected chi connectivity index (χ3v) is 3.08. The van der Waals surface area contributed by atoms with Gasteiger partial charge in [-0.2, -0.15) is 0 Å². The Hall–Kier alpha value is -0.370. The number of rotatable bonds is 0. The highest BCUT2D eigenvalue weighted by atomic mass is 32.1. The molecule has 11 heavy (non-hydrogen) atoms. The lowest BCUT2D eigenvalue weighted by Crippen LogP contribution is -2.10. The van der Waals surface area contributed by atoms with Gasteiger partial charge >= 0.3 is 0 Å². The molecule has 0 fully saturated rings. The van der Waals surface area contributed by atoms with Crippen LogP contribution in [0, 0.1) is 13.8 Å². The van der Waals surface area contributed by atoms with Crippen LogP contribution >= 0.6 is 11.3 Å². The van der Waals surface area contributed by atoms with Crippen molar-refractivity contribution in [3.63, 3.8) is 0 Å². The van der Waals surface area contributed by atoms with Gasteiger partial charge in [0.2, 0.25) is 0 Å². The molecule has 1 heterocycles. The second-order valence-electron chi connectivity index (χ2n) is 3.90. The van der Waals surface area contributed by atoms with Crippen molar-refractivity contribution in [3.05, 3.63) is 15.6 Å². The van der Waals surface area contributed by atoms with E-state index in [0.717, 1.165) is 0 Å². The van der Waals surface area contributed by atoms with Crippen LogP contribution in [0.5, 0.6) is 0 Å². The molecule has 1 aromatic rings. The Balaban J connectivity index is 3.13. The van der Waals surface area contributed by atoms with Gasteiger partial charge in [0.15, 0.2) is 0 Å². The monoisotopic (exact) mass is 169 g/mol. The minimum Gasteiger partial charge on any atom is -0.247 e. The van der Waals surface area contributed by atoms with Gasteiger partial charge in [0.25, 0.3) is 0 Å². The average Bonchev–Trinajstić information content (AvgIpc) is 2.08. The highest BCUT2D eigenvalue weighted by Gasteiger charge is 2.19. The summed E-state index contributed by atoms with van der Waals surface area (Å²) in [6.07, 6.45) is 0. The van der Waals surface area contributed by atoms with E-state index in [1.165, 1.54) is 15.6 Å². The summed E-state index contributed by atoms with van der Waals surface area (Å²) < 4.78 is 0. The molecule has 0 spiro atoms. The van der Waals surface area contributed by atoms with Crippen molar-refractivity contribution in [3.8, 4) is 0 Å². The molecule has 2 heteroatoms. The maximum absolute atomic E-state index is 4.40. The largest absolute Gasteiger partial charge is 0.247 e. The van der Waals surface area contributed by atoms with Crippen LogP contribution in [0.3, 0.4) is 0 Å². The Morgan fingerprint density at radius 2 is 1.73 bits per heavy atom. The number of aryl methyl sites for hydroxylation is 2. The van der Waals surface area contributed by atoms with Crippen LogP contribution in [0.25, 0.3) is 0 Å². The summed E-state index contributed by atoms with van der Waals surface area (Å²) in [5.41, 5.74) is 1.45. The molecule has 0 bridgehead atoms. The van der Waals surface area contributed by atoms with Crippen molar-refractivity contribution >= 4 is 11.3 Å². The maximum atomic E-state index is 4.40. The van der Waals surface area contributed by atoms with Crippen molar-refractivity contribution in [1.29, 1.82) is 0 Å². The smallest absolute Gasteiger partial charge is 0.0900 e. The first-order valence-corrected chi connectivity index (χ1v) is 4.67. The van der Waals surface area contributed by atoms with Gasteiger partial charge in [0, 0.05) is 4.88 Å². The molecule has 0 aliphatic rings. The van der Waals surface area contributed by atoms with Crippen molar-refractivity contribution in [2.75, 3.05) is 0 Å². The third-order valence-electron chi connectivity index (χ3n) is 1.58. The van der Waals surface area contributed by atoms with Crippen LogP contribution in [0.2, 0.25) is 0 Å². The topological polar surface area (TPSA) is 12.9 Å². The lowest BCUT2D eigenvalue weighted by molar-refractivity contribution is 0.598. The minimum atomic E-state index is 0.260. The number of nitrogens with zero attached hydrogens (tertiary/aromatic N) is 1. The highest BCUT2D eigenvalue weighted by Crippen LogP contribution is 2.30. The second kappa shape index (κ2) is 2.59. The molecule has 0 radical (unpaired) electrons. The average molecular weight is 169 g/mol. The molecule has 0 N–H and O–H groups in total. The van der Waals surface area contributed by atoms with E-state index in [4.69, 9.17) is 0 Å². The molecular weight excluding hydrogens is 154 g/mol. The molecule has 0 atom stereocenters. The molecule has 0 aliphatic carbocycles. The number of thiazole rings is 1. The van der Waals surface area contributed by atoms with Crippen LogP contribution in [-0.4, -0.2) is 4.98 Å². The predicted octanol–water partition coefficient (Wildman–Crippen LogP) is 3.06. The van der Waals surface area contributed by atoms with Crippen LogP contribution < -0.4 is 0 Å². The van der Waals surface area contributed by atoms with Gasteiger partial charge in [-0.1, -0.05) is 20.8 Å². The van der Waals surface area contributed by atoms with E-state index in [2.05, 4.69) is 39.6 Å². The fourth-order valence-corrected chi connectivity index (χ4v) is 2.20. The molecule has 0 amide bonds. The molecule has 0 unspecified atom stereocenters. The molecule has 1 aromatic heterocycles. The van der Waals surface area contributed by atoms with E-state index in [1.807, 2.05) is 11.3 Å². The molecule has 1 nitrogen and oxygen atoms in total. The van der Waals surface area contributed by atoms with Crippen molar-refractivity contribution in [2.24, 2.45) is 0 Å². The SMILES string of the molecule is Cc1nc(C)c(C(C)(C)C)s1. The zero-order valence-electron chi connectivity index (χ0n) is 7.86. The van der Waals surface area contributed by atoms with Gasteiger partial charge in [-0.15, -0.1) is 11.3 Å². The summed E-state index contributed by atoms with van der Waals surface area (Å²) in [6, 6.07) is 0. The van der Waals surface area contributed by atoms with Crippen molar-refractivity contribution in [2.45, 2.75) is 40.0 Å². The minimum absolute atomic E-state index is 0.260. The molecule has 62 valence electrons. The van der Waals surface area contributed by atoms with E-state index < -0.39 is 0 Å². The van der Waals surface area contributed by atoms with Gasteiger partial charge < -0.3 is 0 Å². The molecule has 0 saturated carbocycles. The molecule has 0 aromatic carbocycles. The summed E-state index contributed by atoms with van der Waals surface area (Å²) in [4.78, 5) is 5.81. The standard InChI is InChI=1S/C9H15NS/c1-6-8(9(3,4)5)11-7(2)10-6/h1-5H3. The fraction of sp³-hybridized carbons (Fsp3) is 0.667. The normalized spacial score (nSPS) is 12.1. The number of hydrogen-bond acceptors (Lipinski definition) is 2. The van der Waals surface area contributed by atoms with E-state index in [0.29, 0.717) is 0 Å². The van der Waals surface area contributed by atoms with Crippen LogP contribution in [0.1, 0.15) is 36.3 Å². The highest BCUT2D eigenvalue weighted by molar-refractivity contribution is 7.11. The first-order chi connectivity index (χ1) is 4.91. The quantitative estimate of drug-likeness (QED) is 0.581. The summed E-state index contributed by atoms with van der Waals surface area (Å²) in [5, 5.41) is 1.17. The maximum Gasteiger partial charge on any atom is 0.0900 e. The number of hydrogen-bond donors (Lipinski definition) is 0. The summed E-state index contributed by atoms with van der Waals surface area (Å²) in [5.74, 6) is 0. The fourth-order valence-electron chi connectivity index (χ4n) is 1.23. The Kier molecular flexibility index (Phi) is 2.06. The van der Waals surface area contributed by atoms with Crippen LogP contribution in [0.15, 0.2) is 0 Å². The van der Waals surface area contributed by atoms with Crippen LogP contribution in [-0.2, 0) is 5.41 Å². The first-order valence-electron chi connectivity index (χ1n) is 3.86. The molecule has 0 saturated heterocycles. The zero-order valence-corrected chi connectivity index (χ0v) is 8.67. The van der Waals surface area contributed by atoms with Crippen molar-refractivity contribution < 1.29 is 0 Å². The van der Waals surface area contributed by atoms with Gasteiger partial charge in [-0.25, -0.2) is 4.98 Å². The Labute approximate surface area is 72.5 Å².